The minimum absolute atomic E-state index is 0.147. The van der Waals surface area contributed by atoms with Crippen molar-refractivity contribution in [2.75, 3.05) is 0 Å². The highest BCUT2D eigenvalue weighted by Crippen LogP contribution is 2.25. The van der Waals surface area contributed by atoms with E-state index in [9.17, 15) is 4.79 Å². The summed E-state index contributed by atoms with van der Waals surface area (Å²) in [6.45, 7) is 6.64. The summed E-state index contributed by atoms with van der Waals surface area (Å²) in [6, 6.07) is 15.0. The maximum atomic E-state index is 12.4. The van der Waals surface area contributed by atoms with E-state index >= 15 is 0 Å². The first kappa shape index (κ1) is 20.0. The van der Waals surface area contributed by atoms with E-state index in [1.165, 1.54) is 0 Å². The summed E-state index contributed by atoms with van der Waals surface area (Å²) >= 11 is 1.62. The van der Waals surface area contributed by atoms with Gasteiger partial charge in [-0.05, 0) is 43.3 Å². The van der Waals surface area contributed by atoms with Crippen LogP contribution in [0, 0.1) is 6.92 Å². The number of nitrogens with zero attached hydrogens (tertiary/aromatic N) is 3. The van der Waals surface area contributed by atoms with Gasteiger partial charge in [-0.2, -0.15) is 0 Å². The first-order valence-electron chi connectivity index (χ1n) is 9.73. The molecule has 7 heteroatoms. The highest BCUT2D eigenvalue weighted by molar-refractivity contribution is 7.09. The van der Waals surface area contributed by atoms with Crippen LogP contribution in [0.5, 0.6) is 0 Å². The number of aryl methyl sites for hydroxylation is 1. The lowest BCUT2D eigenvalue weighted by atomic mass is 10.1. The average molecular weight is 419 g/mol. The van der Waals surface area contributed by atoms with E-state index in [2.05, 4.69) is 34.3 Å². The second-order valence-corrected chi connectivity index (χ2v) is 8.26. The van der Waals surface area contributed by atoms with Gasteiger partial charge in [-0.1, -0.05) is 31.5 Å². The lowest BCUT2D eigenvalue weighted by Gasteiger charge is -2.04. The van der Waals surface area contributed by atoms with Gasteiger partial charge in [0.1, 0.15) is 0 Å². The van der Waals surface area contributed by atoms with Crippen molar-refractivity contribution in [2.45, 2.75) is 33.2 Å². The molecule has 6 nitrogen and oxygen atoms in total. The van der Waals surface area contributed by atoms with Crippen molar-refractivity contribution in [1.29, 1.82) is 0 Å². The summed E-state index contributed by atoms with van der Waals surface area (Å²) in [5.74, 6) is 1.14. The van der Waals surface area contributed by atoms with Crippen molar-refractivity contribution in [2.24, 2.45) is 0 Å². The Hall–Kier alpha value is -3.32. The molecule has 30 heavy (non-hydrogen) atoms. The molecule has 0 aliphatic heterocycles. The highest BCUT2D eigenvalue weighted by atomic mass is 32.1. The zero-order chi connectivity index (χ0) is 21.1. The Balaban J connectivity index is 1.42. The topological polar surface area (TPSA) is 80.9 Å². The van der Waals surface area contributed by atoms with E-state index in [1.807, 2.05) is 48.7 Å². The van der Waals surface area contributed by atoms with E-state index in [4.69, 9.17) is 4.42 Å². The molecule has 1 amide bonds. The normalized spacial score (nSPS) is 11.1. The maximum absolute atomic E-state index is 12.4. The van der Waals surface area contributed by atoms with Gasteiger partial charge in [-0.3, -0.25) is 4.79 Å². The largest absolute Gasteiger partial charge is 0.416 e. The molecular formula is C23H22N4O2S. The molecule has 0 fully saturated rings. The number of carbonyl (C=O) groups is 1. The van der Waals surface area contributed by atoms with Gasteiger partial charge in [0.15, 0.2) is 0 Å². The van der Waals surface area contributed by atoms with Crippen molar-refractivity contribution >= 4 is 17.2 Å². The third-order valence-corrected chi connectivity index (χ3v) is 5.77. The van der Waals surface area contributed by atoms with E-state index in [-0.39, 0.29) is 5.91 Å². The summed E-state index contributed by atoms with van der Waals surface area (Å²) in [6.07, 6.45) is 0. The van der Waals surface area contributed by atoms with Gasteiger partial charge < -0.3 is 9.73 Å². The lowest BCUT2D eigenvalue weighted by Crippen LogP contribution is -2.22. The third-order valence-electron chi connectivity index (χ3n) is 4.58. The van der Waals surface area contributed by atoms with Crippen LogP contribution >= 0.6 is 11.3 Å². The van der Waals surface area contributed by atoms with E-state index in [0.29, 0.717) is 29.8 Å². The quantitative estimate of drug-likeness (QED) is 0.464. The first-order valence-corrected chi connectivity index (χ1v) is 10.6. The molecule has 2 heterocycles. The Kier molecular flexibility index (Phi) is 5.72. The number of hydrogen-bond donors (Lipinski definition) is 1. The number of aromatic nitrogens is 3. The number of amides is 1. The molecule has 0 spiro atoms. The standard InChI is InChI=1S/C23H22N4O2S/c1-14(2)23-25-19(13-30-23)12-24-20(28)16-7-9-17(10-8-16)21-26-27-22(29-21)18-6-4-5-15(3)11-18/h4-11,13-14H,12H2,1-3H3,(H,24,28). The van der Waals surface area contributed by atoms with E-state index < -0.39 is 0 Å². The molecule has 152 valence electrons. The molecule has 0 saturated carbocycles. The second kappa shape index (κ2) is 8.59. The van der Waals surface area contributed by atoms with Crippen molar-refractivity contribution in [3.05, 3.63) is 75.7 Å². The fraction of sp³-hybridized carbons (Fsp3) is 0.217. The number of nitrogens with one attached hydrogen (secondary N) is 1. The Morgan fingerprint density at radius 3 is 2.47 bits per heavy atom. The molecule has 0 aliphatic rings. The minimum atomic E-state index is -0.147. The third kappa shape index (κ3) is 4.46. The molecule has 0 aliphatic carbocycles. The fourth-order valence-electron chi connectivity index (χ4n) is 2.94. The van der Waals surface area contributed by atoms with Gasteiger partial charge in [-0.25, -0.2) is 4.98 Å². The maximum Gasteiger partial charge on any atom is 0.251 e. The Morgan fingerprint density at radius 1 is 1.07 bits per heavy atom. The van der Waals surface area contributed by atoms with E-state index in [0.717, 1.165) is 27.4 Å². The number of benzene rings is 2. The Bertz CT molecular complexity index is 1160. The predicted octanol–water partition coefficient (Wildman–Crippen LogP) is 5.22. The molecule has 0 radical (unpaired) electrons. The van der Waals surface area contributed by atoms with Gasteiger partial charge in [-0.15, -0.1) is 21.5 Å². The Morgan fingerprint density at radius 2 is 1.80 bits per heavy atom. The molecule has 0 unspecified atom stereocenters. The predicted molar refractivity (Wildman–Crippen MR) is 117 cm³/mol. The van der Waals surface area contributed by atoms with Crippen LogP contribution in [0.1, 0.15) is 46.4 Å². The molecule has 2 aromatic heterocycles. The minimum Gasteiger partial charge on any atom is -0.416 e. The van der Waals surface area contributed by atoms with Gasteiger partial charge in [0.05, 0.1) is 17.2 Å². The van der Waals surface area contributed by atoms with Crippen LogP contribution < -0.4 is 5.32 Å². The van der Waals surface area contributed by atoms with Crippen LogP contribution in [-0.4, -0.2) is 21.1 Å². The number of thiazole rings is 1. The summed E-state index contributed by atoms with van der Waals surface area (Å²) < 4.78 is 5.81. The van der Waals surface area contributed by atoms with Crippen LogP contribution in [0.25, 0.3) is 22.9 Å². The first-order chi connectivity index (χ1) is 14.5. The smallest absolute Gasteiger partial charge is 0.251 e. The van der Waals surface area contributed by atoms with Crippen LogP contribution in [0.15, 0.2) is 58.3 Å². The van der Waals surface area contributed by atoms with Gasteiger partial charge in [0.2, 0.25) is 11.8 Å². The summed E-state index contributed by atoms with van der Waals surface area (Å²) in [7, 11) is 0. The van der Waals surface area contributed by atoms with Gasteiger partial charge in [0.25, 0.3) is 5.91 Å². The molecule has 0 bridgehead atoms. The van der Waals surface area contributed by atoms with E-state index in [1.54, 1.807) is 23.5 Å². The lowest BCUT2D eigenvalue weighted by molar-refractivity contribution is 0.0950. The van der Waals surface area contributed by atoms with Crippen molar-refractivity contribution in [3.8, 4) is 22.9 Å². The molecule has 4 rings (SSSR count). The molecular weight excluding hydrogens is 396 g/mol. The zero-order valence-corrected chi connectivity index (χ0v) is 17.9. The summed E-state index contributed by atoms with van der Waals surface area (Å²) in [4.78, 5) is 17.0. The van der Waals surface area contributed by atoms with Crippen molar-refractivity contribution in [3.63, 3.8) is 0 Å². The number of carbonyl (C=O) groups excluding carboxylic acids is 1. The highest BCUT2D eigenvalue weighted by Gasteiger charge is 2.13. The van der Waals surface area contributed by atoms with Crippen LogP contribution in [0.3, 0.4) is 0 Å². The molecule has 2 aromatic carbocycles. The van der Waals surface area contributed by atoms with Crippen LogP contribution in [0.2, 0.25) is 0 Å². The fourth-order valence-corrected chi connectivity index (χ4v) is 3.78. The molecule has 0 atom stereocenters. The zero-order valence-electron chi connectivity index (χ0n) is 17.0. The van der Waals surface area contributed by atoms with Crippen LogP contribution in [0.4, 0.5) is 0 Å². The second-order valence-electron chi connectivity index (χ2n) is 7.37. The molecule has 4 aromatic rings. The SMILES string of the molecule is Cc1cccc(-c2nnc(-c3ccc(C(=O)NCc4csc(C(C)C)n4)cc3)o2)c1. The summed E-state index contributed by atoms with van der Waals surface area (Å²) in [5, 5.41) is 14.2. The van der Waals surface area contributed by atoms with Crippen LogP contribution in [-0.2, 0) is 6.54 Å². The van der Waals surface area contributed by atoms with Gasteiger partial charge >= 0.3 is 0 Å². The van der Waals surface area contributed by atoms with Gasteiger partial charge in [0, 0.05) is 28.0 Å². The number of rotatable bonds is 6. The summed E-state index contributed by atoms with van der Waals surface area (Å²) in [5.41, 5.74) is 4.21. The molecule has 0 saturated heterocycles. The molecule has 1 N–H and O–H groups in total. The average Bonchev–Trinajstić information content (AvgIpc) is 3.42. The van der Waals surface area contributed by atoms with Crippen molar-refractivity contribution < 1.29 is 9.21 Å². The Labute approximate surface area is 179 Å². The monoisotopic (exact) mass is 418 g/mol. The number of hydrogen-bond acceptors (Lipinski definition) is 6. The van der Waals surface area contributed by atoms with Crippen molar-refractivity contribution in [1.82, 2.24) is 20.5 Å².